The Morgan fingerprint density at radius 1 is 1.32 bits per heavy atom. The van der Waals surface area contributed by atoms with Crippen LogP contribution in [-0.2, 0) is 11.3 Å². The van der Waals surface area contributed by atoms with E-state index in [1.807, 2.05) is 45.0 Å². The van der Waals surface area contributed by atoms with Crippen molar-refractivity contribution in [2.24, 2.45) is 4.99 Å². The number of hydrogen-bond acceptors (Lipinski definition) is 5. The van der Waals surface area contributed by atoms with Crippen molar-refractivity contribution in [1.82, 2.24) is 15.6 Å². The first kappa shape index (κ1) is 24.6. The molecule has 0 bridgehead atoms. The molecular weight excluding hydrogens is 511 g/mol. The van der Waals surface area contributed by atoms with Gasteiger partial charge in [0.1, 0.15) is 9.88 Å². The maximum atomic E-state index is 12.0. The molecule has 154 valence electrons. The van der Waals surface area contributed by atoms with Gasteiger partial charge < -0.3 is 15.4 Å². The number of ether oxygens (including phenoxy) is 1. The fourth-order valence-corrected chi connectivity index (χ4v) is 3.42. The van der Waals surface area contributed by atoms with E-state index in [0.717, 1.165) is 17.1 Å². The Morgan fingerprint density at radius 3 is 2.61 bits per heavy atom. The van der Waals surface area contributed by atoms with Crippen molar-refractivity contribution < 1.29 is 9.53 Å². The molecule has 1 unspecified atom stereocenters. The van der Waals surface area contributed by atoms with Gasteiger partial charge in [-0.25, -0.2) is 14.8 Å². The molecule has 0 saturated carbocycles. The van der Waals surface area contributed by atoms with Gasteiger partial charge in [0.15, 0.2) is 5.96 Å². The first-order valence-electron chi connectivity index (χ1n) is 8.88. The second-order valence-corrected chi connectivity index (χ2v) is 7.34. The van der Waals surface area contributed by atoms with E-state index in [4.69, 9.17) is 16.3 Å². The smallest absolute Gasteiger partial charge is 0.350 e. The number of aromatic nitrogens is 1. The summed E-state index contributed by atoms with van der Waals surface area (Å²) in [5.74, 6) is 0.361. The number of aliphatic imine (C=N–C) groups is 1. The van der Waals surface area contributed by atoms with Gasteiger partial charge in [-0.3, -0.25) is 0 Å². The number of benzene rings is 1. The number of hydrogen-bond donors (Lipinski definition) is 2. The van der Waals surface area contributed by atoms with Crippen LogP contribution in [0.5, 0.6) is 0 Å². The van der Waals surface area contributed by atoms with Gasteiger partial charge in [0, 0.05) is 11.6 Å². The van der Waals surface area contributed by atoms with E-state index in [9.17, 15) is 4.79 Å². The summed E-state index contributed by atoms with van der Waals surface area (Å²) in [5, 5.41) is 8.08. The molecule has 0 aliphatic rings. The van der Waals surface area contributed by atoms with E-state index < -0.39 is 0 Å². The number of nitrogens with one attached hydrogen (secondary N) is 2. The van der Waals surface area contributed by atoms with Crippen LogP contribution in [0.4, 0.5) is 0 Å². The molecule has 0 aliphatic heterocycles. The fourth-order valence-electron chi connectivity index (χ4n) is 2.34. The molecule has 28 heavy (non-hydrogen) atoms. The van der Waals surface area contributed by atoms with Crippen molar-refractivity contribution in [1.29, 1.82) is 0 Å². The summed E-state index contributed by atoms with van der Waals surface area (Å²) in [4.78, 5) is 21.7. The van der Waals surface area contributed by atoms with Crippen LogP contribution in [0.15, 0.2) is 29.3 Å². The highest BCUT2D eigenvalue weighted by Crippen LogP contribution is 2.24. The maximum Gasteiger partial charge on any atom is 0.350 e. The fraction of sp³-hybridized carbons (Fsp3) is 0.421. The molecule has 0 amide bonds. The molecular formula is C19H26ClIN4O2S. The Bertz CT molecular complexity index is 796. The number of carbonyl (C=O) groups is 1. The SMILES string of the molecule is CCNC(=NCc1ccc(Cl)cc1)NC(C)c1nc(C)c(C(=O)OCC)s1.I. The Balaban J connectivity index is 0.00000392. The average molecular weight is 537 g/mol. The van der Waals surface area contributed by atoms with Crippen molar-refractivity contribution in [3.63, 3.8) is 0 Å². The first-order valence-corrected chi connectivity index (χ1v) is 10.1. The molecule has 6 nitrogen and oxygen atoms in total. The van der Waals surface area contributed by atoms with Crippen LogP contribution in [0.1, 0.15) is 52.7 Å². The number of rotatable bonds is 7. The lowest BCUT2D eigenvalue weighted by atomic mass is 10.2. The zero-order valence-corrected chi connectivity index (χ0v) is 20.3. The number of aryl methyl sites for hydroxylation is 1. The standard InChI is InChI=1S/C19H25ClN4O2S.HI/c1-5-21-19(22-11-14-7-9-15(20)10-8-14)24-13(4)17-23-12(3)16(27-17)18(25)26-6-2;/h7-10,13H,5-6,11H2,1-4H3,(H2,21,22,24);1H. The van der Waals surface area contributed by atoms with Crippen molar-refractivity contribution in [3.05, 3.63) is 50.4 Å². The second kappa shape index (κ2) is 12.2. The van der Waals surface area contributed by atoms with Gasteiger partial charge in [-0.15, -0.1) is 35.3 Å². The van der Waals surface area contributed by atoms with E-state index in [1.54, 1.807) is 6.92 Å². The molecule has 9 heteroatoms. The zero-order valence-electron chi connectivity index (χ0n) is 16.4. The van der Waals surface area contributed by atoms with E-state index in [2.05, 4.69) is 20.6 Å². The van der Waals surface area contributed by atoms with Crippen molar-refractivity contribution >= 4 is 58.8 Å². The predicted octanol–water partition coefficient (Wildman–Crippen LogP) is 4.72. The molecule has 1 atom stereocenters. The first-order chi connectivity index (χ1) is 12.9. The number of carbonyl (C=O) groups excluding carboxylic acids is 1. The highest BCUT2D eigenvalue weighted by molar-refractivity contribution is 14.0. The van der Waals surface area contributed by atoms with E-state index in [-0.39, 0.29) is 36.0 Å². The molecule has 0 radical (unpaired) electrons. The van der Waals surface area contributed by atoms with Crippen molar-refractivity contribution in [3.8, 4) is 0 Å². The lowest BCUT2D eigenvalue weighted by Gasteiger charge is -2.16. The normalized spacial score (nSPS) is 12.1. The summed E-state index contributed by atoms with van der Waals surface area (Å²) in [6.45, 7) is 9.23. The monoisotopic (exact) mass is 536 g/mol. The molecule has 2 rings (SSSR count). The van der Waals surface area contributed by atoms with Gasteiger partial charge >= 0.3 is 5.97 Å². The van der Waals surface area contributed by atoms with Crippen LogP contribution < -0.4 is 10.6 Å². The minimum absolute atomic E-state index is 0. The summed E-state index contributed by atoms with van der Waals surface area (Å²) < 4.78 is 5.08. The third-order valence-corrected chi connectivity index (χ3v) is 5.25. The average Bonchev–Trinajstić information content (AvgIpc) is 3.03. The van der Waals surface area contributed by atoms with Gasteiger partial charge in [0.05, 0.1) is 24.9 Å². The molecule has 0 spiro atoms. The van der Waals surface area contributed by atoms with Crippen LogP contribution in [0.2, 0.25) is 5.02 Å². The second-order valence-electron chi connectivity index (χ2n) is 5.87. The van der Waals surface area contributed by atoms with Crippen LogP contribution in [0.3, 0.4) is 0 Å². The molecule has 1 heterocycles. The predicted molar refractivity (Wildman–Crippen MR) is 126 cm³/mol. The lowest BCUT2D eigenvalue weighted by Crippen LogP contribution is -2.38. The number of esters is 1. The number of halogens is 2. The van der Waals surface area contributed by atoms with Gasteiger partial charge in [0.25, 0.3) is 0 Å². The maximum absolute atomic E-state index is 12.0. The minimum Gasteiger partial charge on any atom is -0.462 e. The summed E-state index contributed by atoms with van der Waals surface area (Å²) >= 11 is 7.26. The Hall–Kier alpha value is -1.39. The van der Waals surface area contributed by atoms with E-state index in [0.29, 0.717) is 34.7 Å². The van der Waals surface area contributed by atoms with Crippen LogP contribution in [0, 0.1) is 6.92 Å². The third kappa shape index (κ3) is 7.21. The Kier molecular flexibility index (Phi) is 10.8. The largest absolute Gasteiger partial charge is 0.462 e. The van der Waals surface area contributed by atoms with Gasteiger partial charge in [-0.2, -0.15) is 0 Å². The zero-order chi connectivity index (χ0) is 19.8. The summed E-state index contributed by atoms with van der Waals surface area (Å²) in [6, 6.07) is 7.51. The third-order valence-electron chi connectivity index (χ3n) is 3.67. The minimum atomic E-state index is -0.325. The summed E-state index contributed by atoms with van der Waals surface area (Å²) in [5.41, 5.74) is 1.75. The van der Waals surface area contributed by atoms with Gasteiger partial charge in [0.2, 0.25) is 0 Å². The highest BCUT2D eigenvalue weighted by atomic mass is 127. The van der Waals surface area contributed by atoms with Crippen LogP contribution >= 0.6 is 46.9 Å². The van der Waals surface area contributed by atoms with Crippen molar-refractivity contribution in [2.45, 2.75) is 40.3 Å². The van der Waals surface area contributed by atoms with Crippen molar-refractivity contribution in [2.75, 3.05) is 13.2 Å². The lowest BCUT2D eigenvalue weighted by molar-refractivity contribution is 0.0531. The molecule has 1 aromatic heterocycles. The number of thiazole rings is 1. The molecule has 2 N–H and O–H groups in total. The molecule has 1 aromatic carbocycles. The Labute approximate surface area is 192 Å². The molecule has 2 aromatic rings. The topological polar surface area (TPSA) is 75.6 Å². The summed E-state index contributed by atoms with van der Waals surface area (Å²) in [6.07, 6.45) is 0. The Morgan fingerprint density at radius 2 is 2.00 bits per heavy atom. The van der Waals surface area contributed by atoms with E-state index >= 15 is 0 Å². The van der Waals surface area contributed by atoms with Crippen LogP contribution in [0.25, 0.3) is 0 Å². The number of nitrogens with zero attached hydrogens (tertiary/aromatic N) is 2. The molecule has 0 fully saturated rings. The van der Waals surface area contributed by atoms with E-state index in [1.165, 1.54) is 11.3 Å². The van der Waals surface area contributed by atoms with Gasteiger partial charge in [-0.05, 0) is 45.4 Å². The van der Waals surface area contributed by atoms with Gasteiger partial charge in [-0.1, -0.05) is 23.7 Å². The highest BCUT2D eigenvalue weighted by Gasteiger charge is 2.20. The van der Waals surface area contributed by atoms with Crippen LogP contribution in [-0.4, -0.2) is 30.1 Å². The number of guanidine groups is 1. The molecule has 0 saturated heterocycles. The molecule has 0 aliphatic carbocycles. The quantitative estimate of drug-likeness (QED) is 0.232. The summed E-state index contributed by atoms with van der Waals surface area (Å²) in [7, 11) is 0.